The van der Waals surface area contributed by atoms with Gasteiger partial charge in [-0.3, -0.25) is 9.59 Å². The molecule has 0 aliphatic carbocycles. The molecule has 6 heteroatoms. The summed E-state index contributed by atoms with van der Waals surface area (Å²) >= 11 is 0. The van der Waals surface area contributed by atoms with Crippen LogP contribution in [0.15, 0.2) is 0 Å². The van der Waals surface area contributed by atoms with Gasteiger partial charge in [-0.05, 0) is 13.3 Å². The van der Waals surface area contributed by atoms with Crippen LogP contribution in [0.5, 0.6) is 0 Å². The maximum Gasteiger partial charge on any atom is 0.242 e. The van der Waals surface area contributed by atoms with Gasteiger partial charge in [0.15, 0.2) is 0 Å². The van der Waals surface area contributed by atoms with E-state index < -0.39 is 0 Å². The summed E-state index contributed by atoms with van der Waals surface area (Å²) in [5, 5.41) is 0. The fourth-order valence-electron chi connectivity index (χ4n) is 2.82. The van der Waals surface area contributed by atoms with Crippen LogP contribution in [0.3, 0.4) is 0 Å². The molecule has 2 aliphatic rings. The van der Waals surface area contributed by atoms with Gasteiger partial charge in [0, 0.05) is 19.6 Å². The summed E-state index contributed by atoms with van der Waals surface area (Å²) in [5.41, 5.74) is 0. The van der Waals surface area contributed by atoms with Crippen molar-refractivity contribution >= 4 is 11.8 Å². The Hall–Kier alpha value is -1.14. The topological polar surface area (TPSA) is 54.3 Å². The standard InChI is InChI=1S/C14H25N3O3/c1-2-20-11-10-15-6-8-16(9-7-15)14(19)12-17-5-3-4-13(17)18/h2-12H2,1H3/p+1. The van der Waals surface area contributed by atoms with Gasteiger partial charge in [0.05, 0.1) is 39.3 Å². The van der Waals surface area contributed by atoms with Gasteiger partial charge in [0.25, 0.3) is 0 Å². The molecule has 0 bridgehead atoms. The Morgan fingerprint density at radius 2 is 2.05 bits per heavy atom. The van der Waals surface area contributed by atoms with Gasteiger partial charge in [0.1, 0.15) is 6.54 Å². The number of amides is 2. The molecular formula is C14H26N3O3+. The van der Waals surface area contributed by atoms with E-state index in [0.717, 1.165) is 58.9 Å². The van der Waals surface area contributed by atoms with Crippen LogP contribution in [0.25, 0.3) is 0 Å². The first-order chi connectivity index (χ1) is 9.70. The molecule has 0 aromatic rings. The molecule has 114 valence electrons. The van der Waals surface area contributed by atoms with Gasteiger partial charge >= 0.3 is 0 Å². The van der Waals surface area contributed by atoms with Crippen molar-refractivity contribution in [2.45, 2.75) is 19.8 Å². The Kier molecular flexibility index (Phi) is 5.79. The lowest BCUT2D eigenvalue weighted by Crippen LogP contribution is -3.15. The van der Waals surface area contributed by atoms with E-state index in [4.69, 9.17) is 4.74 Å². The van der Waals surface area contributed by atoms with E-state index in [9.17, 15) is 9.59 Å². The zero-order valence-corrected chi connectivity index (χ0v) is 12.4. The van der Waals surface area contributed by atoms with E-state index in [0.29, 0.717) is 6.42 Å². The summed E-state index contributed by atoms with van der Waals surface area (Å²) in [6.07, 6.45) is 1.49. The average molecular weight is 284 g/mol. The lowest BCUT2D eigenvalue weighted by Gasteiger charge is -2.33. The molecule has 6 nitrogen and oxygen atoms in total. The van der Waals surface area contributed by atoms with Crippen LogP contribution in [0.2, 0.25) is 0 Å². The second-order valence-corrected chi connectivity index (χ2v) is 5.50. The van der Waals surface area contributed by atoms with Gasteiger partial charge in [-0.15, -0.1) is 0 Å². The highest BCUT2D eigenvalue weighted by Crippen LogP contribution is 2.09. The highest BCUT2D eigenvalue weighted by atomic mass is 16.5. The number of carbonyl (C=O) groups is 2. The normalized spacial score (nSPS) is 20.8. The summed E-state index contributed by atoms with van der Waals surface area (Å²) in [5.74, 6) is 0.225. The largest absolute Gasteiger partial charge is 0.376 e. The molecule has 2 fully saturated rings. The molecular weight excluding hydrogens is 258 g/mol. The number of quaternary nitrogens is 1. The smallest absolute Gasteiger partial charge is 0.242 e. The number of nitrogens with one attached hydrogen (secondary N) is 1. The van der Waals surface area contributed by atoms with Crippen LogP contribution in [0.4, 0.5) is 0 Å². The number of carbonyl (C=O) groups excluding carboxylic acids is 2. The molecule has 2 amide bonds. The third-order valence-electron chi connectivity index (χ3n) is 4.12. The van der Waals surface area contributed by atoms with Gasteiger partial charge in [-0.25, -0.2) is 0 Å². The van der Waals surface area contributed by atoms with E-state index in [1.54, 1.807) is 4.90 Å². The average Bonchev–Trinajstić information content (AvgIpc) is 2.85. The zero-order valence-electron chi connectivity index (χ0n) is 12.4. The summed E-state index contributed by atoms with van der Waals surface area (Å²) in [6.45, 7) is 9.14. The van der Waals surface area contributed by atoms with Crippen molar-refractivity contribution < 1.29 is 19.2 Å². The van der Waals surface area contributed by atoms with Crippen molar-refractivity contribution in [3.8, 4) is 0 Å². The predicted molar refractivity (Wildman–Crippen MR) is 74.5 cm³/mol. The van der Waals surface area contributed by atoms with Crippen molar-refractivity contribution in [1.29, 1.82) is 0 Å². The van der Waals surface area contributed by atoms with Gasteiger partial charge in [0.2, 0.25) is 11.8 Å². The summed E-state index contributed by atoms with van der Waals surface area (Å²) < 4.78 is 5.37. The van der Waals surface area contributed by atoms with E-state index in [-0.39, 0.29) is 18.4 Å². The number of piperazine rings is 1. The van der Waals surface area contributed by atoms with E-state index >= 15 is 0 Å². The highest BCUT2D eigenvalue weighted by Gasteiger charge is 2.27. The Bertz CT molecular complexity index is 341. The van der Waals surface area contributed by atoms with E-state index in [1.165, 1.54) is 4.90 Å². The van der Waals surface area contributed by atoms with Crippen molar-refractivity contribution in [3.63, 3.8) is 0 Å². The zero-order chi connectivity index (χ0) is 14.4. The maximum atomic E-state index is 12.2. The van der Waals surface area contributed by atoms with Crippen LogP contribution in [-0.2, 0) is 14.3 Å². The Morgan fingerprint density at radius 3 is 2.65 bits per heavy atom. The second kappa shape index (κ2) is 7.59. The molecule has 2 aliphatic heterocycles. The number of ether oxygens (including phenoxy) is 1. The number of hydrogen-bond acceptors (Lipinski definition) is 3. The molecule has 0 spiro atoms. The van der Waals surface area contributed by atoms with Gasteiger partial charge < -0.3 is 19.4 Å². The molecule has 20 heavy (non-hydrogen) atoms. The second-order valence-electron chi connectivity index (χ2n) is 5.50. The minimum Gasteiger partial charge on any atom is -0.376 e. The molecule has 0 aromatic heterocycles. The van der Waals surface area contributed by atoms with Crippen LogP contribution in [0.1, 0.15) is 19.8 Å². The first kappa shape index (κ1) is 15.3. The number of rotatable bonds is 6. The monoisotopic (exact) mass is 284 g/mol. The predicted octanol–water partition coefficient (Wildman–Crippen LogP) is -1.63. The first-order valence-corrected chi connectivity index (χ1v) is 7.67. The fraction of sp³-hybridized carbons (Fsp3) is 0.857. The Labute approximate surface area is 120 Å². The number of likely N-dealkylation sites (tertiary alicyclic amines) is 1. The van der Waals surface area contributed by atoms with Crippen molar-refractivity contribution in [2.24, 2.45) is 0 Å². The molecule has 2 rings (SSSR count). The lowest BCUT2D eigenvalue weighted by atomic mass is 10.3. The van der Waals surface area contributed by atoms with Crippen molar-refractivity contribution in [2.75, 3.05) is 59.0 Å². The summed E-state index contributed by atoms with van der Waals surface area (Å²) in [6, 6.07) is 0. The lowest BCUT2D eigenvalue weighted by molar-refractivity contribution is -0.904. The SMILES string of the molecule is CCOCC[NH+]1CCN(C(=O)CN2CCCC2=O)CC1. The van der Waals surface area contributed by atoms with Gasteiger partial charge in [-0.1, -0.05) is 0 Å². The molecule has 2 saturated heterocycles. The van der Waals surface area contributed by atoms with Crippen molar-refractivity contribution in [1.82, 2.24) is 9.80 Å². The van der Waals surface area contributed by atoms with Crippen LogP contribution in [0, 0.1) is 0 Å². The molecule has 0 radical (unpaired) electrons. The van der Waals surface area contributed by atoms with Gasteiger partial charge in [-0.2, -0.15) is 0 Å². The number of nitrogens with zero attached hydrogens (tertiary/aromatic N) is 2. The van der Waals surface area contributed by atoms with E-state index in [1.807, 2.05) is 11.8 Å². The quantitative estimate of drug-likeness (QED) is 0.596. The molecule has 0 aromatic carbocycles. The van der Waals surface area contributed by atoms with Crippen LogP contribution in [-0.4, -0.2) is 80.6 Å². The first-order valence-electron chi connectivity index (χ1n) is 7.67. The fourth-order valence-corrected chi connectivity index (χ4v) is 2.82. The third-order valence-corrected chi connectivity index (χ3v) is 4.12. The highest BCUT2D eigenvalue weighted by molar-refractivity contribution is 5.85. The van der Waals surface area contributed by atoms with Crippen molar-refractivity contribution in [3.05, 3.63) is 0 Å². The molecule has 0 saturated carbocycles. The molecule has 0 unspecified atom stereocenters. The minimum atomic E-state index is 0.101. The Balaban J connectivity index is 1.67. The number of hydrogen-bond donors (Lipinski definition) is 1. The molecule has 2 heterocycles. The minimum absolute atomic E-state index is 0.101. The van der Waals surface area contributed by atoms with E-state index in [2.05, 4.69) is 0 Å². The Morgan fingerprint density at radius 1 is 1.30 bits per heavy atom. The summed E-state index contributed by atoms with van der Waals surface area (Å²) in [4.78, 5) is 28.8. The molecule has 0 atom stereocenters. The van der Waals surface area contributed by atoms with Crippen LogP contribution < -0.4 is 4.90 Å². The van der Waals surface area contributed by atoms with Crippen LogP contribution >= 0.6 is 0 Å². The maximum absolute atomic E-state index is 12.2. The molecule has 1 N–H and O–H groups in total. The summed E-state index contributed by atoms with van der Waals surface area (Å²) in [7, 11) is 0. The third kappa shape index (κ3) is 4.18.